The second kappa shape index (κ2) is 9.28. The third kappa shape index (κ3) is 5.28. The Hall–Kier alpha value is -3.23. The van der Waals surface area contributed by atoms with Crippen molar-refractivity contribution in [2.75, 3.05) is 31.6 Å². The van der Waals surface area contributed by atoms with E-state index >= 15 is 0 Å². The normalized spacial score (nSPS) is 14.0. The van der Waals surface area contributed by atoms with Crippen molar-refractivity contribution in [3.8, 4) is 11.5 Å². The van der Waals surface area contributed by atoms with Gasteiger partial charge in [0.15, 0.2) is 11.5 Å². The molecule has 9 heteroatoms. The van der Waals surface area contributed by atoms with Gasteiger partial charge in [0, 0.05) is 6.54 Å². The highest BCUT2D eigenvalue weighted by Gasteiger charge is 2.34. The van der Waals surface area contributed by atoms with Gasteiger partial charge in [0.1, 0.15) is 13.2 Å². The summed E-state index contributed by atoms with van der Waals surface area (Å²) in [5.41, 5.74) is -0.596. The van der Waals surface area contributed by atoms with Crippen LogP contribution in [-0.4, -0.2) is 43.0 Å². The van der Waals surface area contributed by atoms with E-state index < -0.39 is 23.6 Å². The molecule has 2 aromatic carbocycles. The Labute approximate surface area is 177 Å². The second-order valence-corrected chi connectivity index (χ2v) is 7.07. The number of amides is 2. The van der Waals surface area contributed by atoms with Gasteiger partial charge in [0.2, 0.25) is 11.8 Å². The molecule has 0 saturated heterocycles. The summed E-state index contributed by atoms with van der Waals surface area (Å²) < 4.78 is 50.4. The molecular weight excluding hydrogens is 413 g/mol. The van der Waals surface area contributed by atoms with Crippen LogP contribution >= 0.6 is 0 Å². The maximum absolute atomic E-state index is 13.1. The van der Waals surface area contributed by atoms with E-state index in [0.717, 1.165) is 6.07 Å². The predicted octanol–water partition coefficient (Wildman–Crippen LogP) is 4.07. The molecule has 0 saturated carbocycles. The lowest BCUT2D eigenvalue weighted by Gasteiger charge is -2.25. The standard InChI is InChI=1S/C22H23F3N2O4/c1-3-27(13-20(28)26-17-7-5-4-6-16(17)22(23,24)25)21(29)14(2)15-8-9-18-19(12-15)31-11-10-30-18/h4-9,12,14H,3,10-11,13H2,1-2H3,(H,26,28). The largest absolute Gasteiger partial charge is 0.486 e. The summed E-state index contributed by atoms with van der Waals surface area (Å²) >= 11 is 0. The van der Waals surface area contributed by atoms with E-state index in [-0.39, 0.29) is 24.7 Å². The van der Waals surface area contributed by atoms with Crippen molar-refractivity contribution >= 4 is 17.5 Å². The molecule has 0 fully saturated rings. The molecule has 166 valence electrons. The number of hydrogen-bond donors (Lipinski definition) is 1. The van der Waals surface area contributed by atoms with Crippen molar-refractivity contribution in [3.63, 3.8) is 0 Å². The zero-order chi connectivity index (χ0) is 22.6. The quantitative estimate of drug-likeness (QED) is 0.742. The summed E-state index contributed by atoms with van der Waals surface area (Å²) in [5.74, 6) is -0.455. The molecule has 3 rings (SSSR count). The molecule has 31 heavy (non-hydrogen) atoms. The monoisotopic (exact) mass is 436 g/mol. The number of para-hydroxylation sites is 1. The number of rotatable bonds is 6. The third-order valence-electron chi connectivity index (χ3n) is 4.97. The average Bonchev–Trinajstić information content (AvgIpc) is 2.75. The van der Waals surface area contributed by atoms with Crippen molar-refractivity contribution < 1.29 is 32.2 Å². The number of ether oxygens (including phenoxy) is 2. The number of carbonyl (C=O) groups excluding carboxylic acids is 2. The number of benzene rings is 2. The van der Waals surface area contributed by atoms with Gasteiger partial charge in [0.05, 0.1) is 23.7 Å². The third-order valence-corrected chi connectivity index (χ3v) is 4.97. The number of nitrogens with zero attached hydrogens (tertiary/aromatic N) is 1. The lowest BCUT2D eigenvalue weighted by molar-refractivity contribution is -0.137. The van der Waals surface area contributed by atoms with Crippen LogP contribution in [0.3, 0.4) is 0 Å². The minimum Gasteiger partial charge on any atom is -0.486 e. The summed E-state index contributed by atoms with van der Waals surface area (Å²) in [5, 5.41) is 2.27. The van der Waals surface area contributed by atoms with Crippen LogP contribution in [0.2, 0.25) is 0 Å². The summed E-state index contributed by atoms with van der Waals surface area (Å²) in [6, 6.07) is 9.92. The molecule has 0 spiro atoms. The number of hydrogen-bond acceptors (Lipinski definition) is 4. The topological polar surface area (TPSA) is 67.9 Å². The number of carbonyl (C=O) groups is 2. The van der Waals surface area contributed by atoms with Crippen LogP contribution in [-0.2, 0) is 15.8 Å². The first-order valence-electron chi connectivity index (χ1n) is 9.85. The fourth-order valence-corrected chi connectivity index (χ4v) is 3.29. The molecule has 6 nitrogen and oxygen atoms in total. The lowest BCUT2D eigenvalue weighted by atomic mass is 9.99. The number of anilines is 1. The van der Waals surface area contributed by atoms with Crippen LogP contribution in [0.1, 0.15) is 30.9 Å². The smallest absolute Gasteiger partial charge is 0.418 e. The molecule has 1 aliphatic rings. The Morgan fingerprint density at radius 3 is 2.45 bits per heavy atom. The van der Waals surface area contributed by atoms with Crippen molar-refractivity contribution in [3.05, 3.63) is 53.6 Å². The minimum absolute atomic E-state index is 0.224. The highest BCUT2D eigenvalue weighted by Crippen LogP contribution is 2.35. The predicted molar refractivity (Wildman–Crippen MR) is 108 cm³/mol. The molecule has 1 heterocycles. The molecule has 1 N–H and O–H groups in total. The average molecular weight is 436 g/mol. The number of fused-ring (bicyclic) bond motifs is 1. The first kappa shape index (κ1) is 22.5. The van der Waals surface area contributed by atoms with Gasteiger partial charge < -0.3 is 19.7 Å². The van der Waals surface area contributed by atoms with E-state index in [0.29, 0.717) is 30.3 Å². The molecule has 0 aliphatic carbocycles. The fourth-order valence-electron chi connectivity index (χ4n) is 3.29. The molecule has 1 unspecified atom stereocenters. The zero-order valence-electron chi connectivity index (χ0n) is 17.2. The number of alkyl halides is 3. The SMILES string of the molecule is CCN(CC(=O)Nc1ccccc1C(F)(F)F)C(=O)C(C)c1ccc2c(c1)OCCO2. The Morgan fingerprint density at radius 1 is 1.10 bits per heavy atom. The van der Waals surface area contributed by atoms with Crippen LogP contribution in [0.4, 0.5) is 18.9 Å². The molecule has 1 atom stereocenters. The molecular formula is C22H23F3N2O4. The van der Waals surface area contributed by atoms with Crippen molar-refractivity contribution in [2.24, 2.45) is 0 Å². The second-order valence-electron chi connectivity index (χ2n) is 7.07. The minimum atomic E-state index is -4.60. The van der Waals surface area contributed by atoms with Gasteiger partial charge in [-0.05, 0) is 43.7 Å². The van der Waals surface area contributed by atoms with Gasteiger partial charge in [0.25, 0.3) is 0 Å². The van der Waals surface area contributed by atoms with Gasteiger partial charge in [-0.25, -0.2) is 0 Å². The summed E-state index contributed by atoms with van der Waals surface area (Å²) in [6.07, 6.45) is -4.60. The first-order chi connectivity index (χ1) is 14.7. The molecule has 1 aliphatic heterocycles. The highest BCUT2D eigenvalue weighted by atomic mass is 19.4. The molecule has 0 bridgehead atoms. The van der Waals surface area contributed by atoms with Gasteiger partial charge >= 0.3 is 6.18 Å². The summed E-state index contributed by atoms with van der Waals surface area (Å²) in [6.45, 7) is 4.13. The van der Waals surface area contributed by atoms with Crippen LogP contribution < -0.4 is 14.8 Å². The van der Waals surface area contributed by atoms with E-state index in [2.05, 4.69) is 5.32 Å². The Kier molecular flexibility index (Phi) is 6.72. The first-order valence-corrected chi connectivity index (χ1v) is 9.85. The van der Waals surface area contributed by atoms with Crippen LogP contribution in [0, 0.1) is 0 Å². The number of halogens is 3. The maximum atomic E-state index is 13.1. The van der Waals surface area contributed by atoms with E-state index in [1.54, 1.807) is 32.0 Å². The summed E-state index contributed by atoms with van der Waals surface area (Å²) in [7, 11) is 0. The highest BCUT2D eigenvalue weighted by molar-refractivity contribution is 5.96. The Morgan fingerprint density at radius 2 is 1.77 bits per heavy atom. The Balaban J connectivity index is 1.69. The molecule has 2 amide bonds. The van der Waals surface area contributed by atoms with Gasteiger partial charge in [-0.15, -0.1) is 0 Å². The number of nitrogens with one attached hydrogen (secondary N) is 1. The van der Waals surface area contributed by atoms with Gasteiger partial charge in [-0.3, -0.25) is 9.59 Å². The number of likely N-dealkylation sites (N-methyl/N-ethyl adjacent to an activating group) is 1. The van der Waals surface area contributed by atoms with Crippen LogP contribution in [0.5, 0.6) is 11.5 Å². The lowest BCUT2D eigenvalue weighted by Crippen LogP contribution is -2.40. The van der Waals surface area contributed by atoms with E-state index in [1.807, 2.05) is 0 Å². The van der Waals surface area contributed by atoms with E-state index in [4.69, 9.17) is 9.47 Å². The van der Waals surface area contributed by atoms with E-state index in [1.165, 1.54) is 23.1 Å². The molecule has 0 aromatic heterocycles. The van der Waals surface area contributed by atoms with Crippen molar-refractivity contribution in [1.29, 1.82) is 0 Å². The fraction of sp³-hybridized carbons (Fsp3) is 0.364. The van der Waals surface area contributed by atoms with Crippen LogP contribution in [0.25, 0.3) is 0 Å². The zero-order valence-corrected chi connectivity index (χ0v) is 17.2. The summed E-state index contributed by atoms with van der Waals surface area (Å²) in [4.78, 5) is 26.7. The van der Waals surface area contributed by atoms with Crippen molar-refractivity contribution in [2.45, 2.75) is 25.9 Å². The molecule has 2 aromatic rings. The van der Waals surface area contributed by atoms with Gasteiger partial charge in [-0.2, -0.15) is 13.2 Å². The van der Waals surface area contributed by atoms with Gasteiger partial charge in [-0.1, -0.05) is 18.2 Å². The Bertz CT molecular complexity index is 962. The maximum Gasteiger partial charge on any atom is 0.418 e. The van der Waals surface area contributed by atoms with Crippen molar-refractivity contribution in [1.82, 2.24) is 4.90 Å². The van der Waals surface area contributed by atoms with Crippen LogP contribution in [0.15, 0.2) is 42.5 Å². The molecule has 0 radical (unpaired) electrons. The van der Waals surface area contributed by atoms with E-state index in [9.17, 15) is 22.8 Å².